The van der Waals surface area contributed by atoms with Crippen molar-refractivity contribution in [3.05, 3.63) is 65.7 Å². The van der Waals surface area contributed by atoms with Crippen LogP contribution in [0.4, 0.5) is 0 Å². The first-order valence-electron chi connectivity index (χ1n) is 15.6. The number of unbranched alkanes of at least 4 members (excludes halogenated alkanes) is 9. The van der Waals surface area contributed by atoms with Crippen LogP contribution in [0, 0.1) is 5.92 Å². The number of carbonyl (C=O) groups excluding carboxylic acids is 1. The Morgan fingerprint density at radius 1 is 0.795 bits per heavy atom. The van der Waals surface area contributed by atoms with Gasteiger partial charge in [0.1, 0.15) is 30.9 Å². The van der Waals surface area contributed by atoms with Crippen molar-refractivity contribution >= 4 is 5.97 Å². The molecule has 2 rings (SSSR count). The maximum atomic E-state index is 12.8. The first-order chi connectivity index (χ1) is 18.8. The molecule has 218 valence electrons. The van der Waals surface area contributed by atoms with Crippen molar-refractivity contribution in [2.75, 3.05) is 27.2 Å². The molecule has 0 spiro atoms. The van der Waals surface area contributed by atoms with Crippen molar-refractivity contribution in [3.63, 3.8) is 0 Å². The summed E-state index contributed by atoms with van der Waals surface area (Å²) in [7, 11) is 4.33. The number of esters is 1. The third kappa shape index (κ3) is 14.0. The average Bonchev–Trinajstić information content (AvgIpc) is 2.92. The van der Waals surface area contributed by atoms with Gasteiger partial charge < -0.3 is 14.0 Å². The summed E-state index contributed by atoms with van der Waals surface area (Å²) >= 11 is 0. The van der Waals surface area contributed by atoms with Gasteiger partial charge in [-0.2, -0.15) is 0 Å². The fourth-order valence-electron chi connectivity index (χ4n) is 5.32. The summed E-state index contributed by atoms with van der Waals surface area (Å²) in [6.07, 6.45) is 15.1. The van der Waals surface area contributed by atoms with Crippen molar-refractivity contribution in [2.24, 2.45) is 5.92 Å². The van der Waals surface area contributed by atoms with E-state index in [1.54, 1.807) is 0 Å². The van der Waals surface area contributed by atoms with Gasteiger partial charge in [0.15, 0.2) is 0 Å². The van der Waals surface area contributed by atoms with Crippen molar-refractivity contribution < 1.29 is 18.8 Å². The van der Waals surface area contributed by atoms with E-state index >= 15 is 0 Å². The quantitative estimate of drug-likeness (QED) is 0.0905. The molecule has 2 unspecified atom stereocenters. The molecular weight excluding hydrogens is 482 g/mol. The summed E-state index contributed by atoms with van der Waals surface area (Å²) < 4.78 is 12.9. The van der Waals surface area contributed by atoms with Gasteiger partial charge in [0, 0.05) is 5.56 Å². The van der Waals surface area contributed by atoms with Crippen LogP contribution in [-0.2, 0) is 22.5 Å². The van der Waals surface area contributed by atoms with E-state index in [0.29, 0.717) is 6.61 Å². The van der Waals surface area contributed by atoms with Crippen LogP contribution < -0.4 is 4.74 Å². The molecular formula is C35H56NO3+. The number of carbonyl (C=O) groups is 1. The predicted octanol–water partition coefficient (Wildman–Crippen LogP) is 8.76. The number of rotatable bonds is 21. The number of para-hydroxylation sites is 1. The molecule has 2 aromatic rings. The minimum atomic E-state index is -0.176. The minimum absolute atomic E-state index is 0.137. The molecule has 2 atom stereocenters. The Kier molecular flexibility index (Phi) is 15.9. The van der Waals surface area contributed by atoms with Crippen LogP contribution in [0.15, 0.2) is 54.6 Å². The Morgan fingerprint density at radius 2 is 1.38 bits per heavy atom. The first kappa shape index (κ1) is 32.9. The fraction of sp³-hybridized carbons (Fsp3) is 0.629. The Balaban J connectivity index is 1.73. The van der Waals surface area contributed by atoms with E-state index in [9.17, 15) is 4.79 Å². The zero-order valence-corrected chi connectivity index (χ0v) is 25.6. The van der Waals surface area contributed by atoms with Crippen LogP contribution in [0.1, 0.15) is 103 Å². The molecule has 4 nitrogen and oxygen atoms in total. The largest absolute Gasteiger partial charge is 0.487 e. The van der Waals surface area contributed by atoms with Crippen LogP contribution >= 0.6 is 0 Å². The lowest BCUT2D eigenvalue weighted by Crippen LogP contribution is -2.44. The monoisotopic (exact) mass is 538 g/mol. The van der Waals surface area contributed by atoms with Gasteiger partial charge in [-0.1, -0.05) is 120 Å². The summed E-state index contributed by atoms with van der Waals surface area (Å²) in [6, 6.07) is 18.8. The summed E-state index contributed by atoms with van der Waals surface area (Å²) in [5.41, 5.74) is 2.54. The Morgan fingerprint density at radius 3 is 2.03 bits per heavy atom. The van der Waals surface area contributed by atoms with E-state index in [-0.39, 0.29) is 18.0 Å². The van der Waals surface area contributed by atoms with E-state index in [4.69, 9.17) is 9.47 Å². The van der Waals surface area contributed by atoms with Crippen molar-refractivity contribution in [2.45, 2.75) is 110 Å². The molecule has 0 saturated heterocycles. The molecule has 0 amide bonds. The number of nitrogens with zero attached hydrogens (tertiary/aromatic N) is 1. The van der Waals surface area contributed by atoms with Gasteiger partial charge in [0.2, 0.25) is 0 Å². The maximum Gasteiger partial charge on any atom is 0.314 e. The lowest BCUT2D eigenvalue weighted by atomic mass is 10.0. The van der Waals surface area contributed by atoms with Crippen molar-refractivity contribution in [3.8, 4) is 5.75 Å². The molecule has 0 fully saturated rings. The lowest BCUT2D eigenvalue weighted by molar-refractivity contribution is -0.905. The van der Waals surface area contributed by atoms with E-state index in [0.717, 1.165) is 36.2 Å². The number of benzene rings is 2. The van der Waals surface area contributed by atoms with Crippen LogP contribution in [0.5, 0.6) is 5.75 Å². The molecule has 0 aliphatic carbocycles. The molecule has 0 aliphatic heterocycles. The zero-order valence-electron chi connectivity index (χ0n) is 25.6. The Hall–Kier alpha value is -2.33. The predicted molar refractivity (Wildman–Crippen MR) is 164 cm³/mol. The fourth-order valence-corrected chi connectivity index (χ4v) is 5.32. The van der Waals surface area contributed by atoms with E-state index in [2.05, 4.69) is 70.4 Å². The van der Waals surface area contributed by atoms with E-state index in [1.165, 1.54) is 75.3 Å². The normalized spacial score (nSPS) is 13.2. The second-order valence-corrected chi connectivity index (χ2v) is 12.0. The molecule has 39 heavy (non-hydrogen) atoms. The molecule has 0 heterocycles. The molecule has 0 aromatic heterocycles. The van der Waals surface area contributed by atoms with Gasteiger partial charge in [-0.05, 0) is 37.8 Å². The molecule has 4 heteroatoms. The molecule has 0 aliphatic rings. The molecule has 0 N–H and O–H groups in total. The third-order valence-corrected chi connectivity index (χ3v) is 7.56. The van der Waals surface area contributed by atoms with Crippen LogP contribution in [0.25, 0.3) is 0 Å². The first-order valence-corrected chi connectivity index (χ1v) is 15.6. The number of hydrogen-bond donors (Lipinski definition) is 0. The molecule has 0 radical (unpaired) electrons. The number of quaternary nitrogens is 1. The SMILES string of the molecule is CCCCCCCCCCCCc1ccccc1OC(CC)COC(=O)C(C)C[N+](C)(C)Cc1ccccc1. The van der Waals surface area contributed by atoms with E-state index in [1.807, 2.05) is 19.1 Å². The van der Waals surface area contributed by atoms with Crippen LogP contribution in [-0.4, -0.2) is 43.8 Å². The van der Waals surface area contributed by atoms with Crippen LogP contribution in [0.3, 0.4) is 0 Å². The highest BCUT2D eigenvalue weighted by molar-refractivity contribution is 5.72. The van der Waals surface area contributed by atoms with Gasteiger partial charge in [-0.15, -0.1) is 0 Å². The van der Waals surface area contributed by atoms with Gasteiger partial charge in [-0.3, -0.25) is 4.79 Å². The summed E-state index contributed by atoms with van der Waals surface area (Å²) in [5.74, 6) is 0.616. The number of hydrogen-bond acceptors (Lipinski definition) is 3. The third-order valence-electron chi connectivity index (χ3n) is 7.56. The van der Waals surface area contributed by atoms with Crippen molar-refractivity contribution in [1.82, 2.24) is 0 Å². The summed E-state index contributed by atoms with van der Waals surface area (Å²) in [4.78, 5) is 12.8. The maximum absolute atomic E-state index is 12.8. The van der Waals surface area contributed by atoms with Gasteiger partial charge >= 0.3 is 5.97 Å². The lowest BCUT2D eigenvalue weighted by Gasteiger charge is -2.32. The minimum Gasteiger partial charge on any atom is -0.487 e. The van der Waals surface area contributed by atoms with Crippen LogP contribution in [0.2, 0.25) is 0 Å². The molecule has 0 bridgehead atoms. The number of ether oxygens (including phenoxy) is 2. The second-order valence-electron chi connectivity index (χ2n) is 12.0. The molecule has 0 saturated carbocycles. The Labute approximate surface area is 239 Å². The highest BCUT2D eigenvalue weighted by atomic mass is 16.6. The van der Waals surface area contributed by atoms with Gasteiger partial charge in [0.25, 0.3) is 0 Å². The number of aryl methyl sites for hydroxylation is 1. The Bertz CT molecular complexity index is 911. The summed E-state index contributed by atoms with van der Waals surface area (Å²) in [5, 5.41) is 0. The van der Waals surface area contributed by atoms with Crippen molar-refractivity contribution in [1.29, 1.82) is 0 Å². The van der Waals surface area contributed by atoms with E-state index < -0.39 is 0 Å². The topological polar surface area (TPSA) is 35.5 Å². The second kappa shape index (κ2) is 18.9. The average molecular weight is 539 g/mol. The molecule has 2 aromatic carbocycles. The highest BCUT2D eigenvalue weighted by Crippen LogP contribution is 2.23. The standard InChI is InChI=1S/C35H56NO3/c1-6-8-9-10-11-12-13-14-15-19-24-32-25-20-21-26-34(32)39-33(7-2)29-38-35(37)30(3)27-36(4,5)28-31-22-17-16-18-23-31/h16-18,20-23,25-26,30,33H,6-15,19,24,27-29H2,1-5H3/q+1. The highest BCUT2D eigenvalue weighted by Gasteiger charge is 2.26. The zero-order chi connectivity index (χ0) is 28.3. The smallest absolute Gasteiger partial charge is 0.314 e. The van der Waals surface area contributed by atoms with Gasteiger partial charge in [-0.25, -0.2) is 0 Å². The summed E-state index contributed by atoms with van der Waals surface area (Å²) in [6.45, 7) is 8.24. The van der Waals surface area contributed by atoms with Gasteiger partial charge in [0.05, 0.1) is 20.6 Å².